The molecule has 0 N–H and O–H groups in total. The third-order valence-corrected chi connectivity index (χ3v) is 4.66. The molecule has 1 heterocycles. The molecule has 0 saturated heterocycles. The number of para-hydroxylation sites is 1. The lowest BCUT2D eigenvalue weighted by atomic mass is 9.96. The van der Waals surface area contributed by atoms with Crippen LogP contribution in [0.4, 0.5) is 5.69 Å². The second-order valence-electron chi connectivity index (χ2n) is 6.40. The summed E-state index contributed by atoms with van der Waals surface area (Å²) in [4.78, 5) is 19.7. The fourth-order valence-electron chi connectivity index (χ4n) is 3.26. The summed E-state index contributed by atoms with van der Waals surface area (Å²) in [7, 11) is 3.16. The summed E-state index contributed by atoms with van der Waals surface area (Å²) in [6.07, 6.45) is 3.47. The van der Waals surface area contributed by atoms with E-state index in [1.54, 1.807) is 32.6 Å². The van der Waals surface area contributed by atoms with Gasteiger partial charge in [-0.15, -0.1) is 0 Å². The van der Waals surface area contributed by atoms with Crippen molar-refractivity contribution in [3.05, 3.63) is 53.6 Å². The summed E-state index contributed by atoms with van der Waals surface area (Å²) in [5.74, 6) is 1.15. The lowest BCUT2D eigenvalue weighted by molar-refractivity contribution is -0.123. The summed E-state index contributed by atoms with van der Waals surface area (Å²) < 4.78 is 10.5. The SMILES string of the molecule is COc1ccc(/C=N/OCC(=O)N2c3ccccc3CCC2C)cc1OC. The van der Waals surface area contributed by atoms with Crippen LogP contribution in [0, 0.1) is 0 Å². The number of anilines is 1. The molecule has 1 aliphatic heterocycles. The van der Waals surface area contributed by atoms with Crippen LogP contribution in [0.5, 0.6) is 11.5 Å². The van der Waals surface area contributed by atoms with E-state index in [1.807, 2.05) is 29.2 Å². The quantitative estimate of drug-likeness (QED) is 0.579. The molecule has 2 aromatic carbocycles. The number of nitrogens with zero attached hydrogens (tertiary/aromatic N) is 2. The first-order chi connectivity index (χ1) is 13.1. The maximum atomic E-state index is 12.7. The number of rotatable bonds is 6. The molecule has 2 aromatic rings. The fraction of sp³-hybridized carbons (Fsp3) is 0.333. The molecule has 0 fully saturated rings. The van der Waals surface area contributed by atoms with Gasteiger partial charge in [0.05, 0.1) is 20.4 Å². The van der Waals surface area contributed by atoms with Gasteiger partial charge in [-0.2, -0.15) is 0 Å². The summed E-state index contributed by atoms with van der Waals surface area (Å²) in [6.45, 7) is 1.95. The van der Waals surface area contributed by atoms with Crippen molar-refractivity contribution in [2.75, 3.05) is 25.7 Å². The number of oxime groups is 1. The van der Waals surface area contributed by atoms with Gasteiger partial charge in [-0.05, 0) is 49.6 Å². The number of methoxy groups -OCH3 is 2. The number of fused-ring (bicyclic) bond motifs is 1. The Morgan fingerprint density at radius 3 is 2.74 bits per heavy atom. The molecule has 0 saturated carbocycles. The number of carbonyl (C=O) groups is 1. The average molecular weight is 368 g/mol. The molecule has 1 unspecified atom stereocenters. The first-order valence-corrected chi connectivity index (χ1v) is 8.91. The topological polar surface area (TPSA) is 60.4 Å². The van der Waals surface area contributed by atoms with Gasteiger partial charge in [0.1, 0.15) is 0 Å². The van der Waals surface area contributed by atoms with E-state index in [-0.39, 0.29) is 18.6 Å². The van der Waals surface area contributed by atoms with E-state index < -0.39 is 0 Å². The molecule has 1 amide bonds. The smallest absolute Gasteiger partial charge is 0.268 e. The van der Waals surface area contributed by atoms with Gasteiger partial charge in [-0.1, -0.05) is 23.4 Å². The maximum Gasteiger partial charge on any atom is 0.268 e. The van der Waals surface area contributed by atoms with Crippen molar-refractivity contribution in [2.24, 2.45) is 5.16 Å². The van der Waals surface area contributed by atoms with Crippen LogP contribution in [-0.4, -0.2) is 39.0 Å². The zero-order valence-electron chi connectivity index (χ0n) is 15.8. The maximum absolute atomic E-state index is 12.7. The van der Waals surface area contributed by atoms with Crippen molar-refractivity contribution in [1.29, 1.82) is 0 Å². The van der Waals surface area contributed by atoms with Crippen LogP contribution in [0.2, 0.25) is 0 Å². The van der Waals surface area contributed by atoms with Crippen LogP contribution in [0.3, 0.4) is 0 Å². The van der Waals surface area contributed by atoms with Crippen molar-refractivity contribution in [1.82, 2.24) is 0 Å². The van der Waals surface area contributed by atoms with Crippen LogP contribution < -0.4 is 14.4 Å². The van der Waals surface area contributed by atoms with Crippen LogP contribution >= 0.6 is 0 Å². The van der Waals surface area contributed by atoms with Gasteiger partial charge < -0.3 is 19.2 Å². The minimum Gasteiger partial charge on any atom is -0.493 e. The first-order valence-electron chi connectivity index (χ1n) is 8.91. The van der Waals surface area contributed by atoms with E-state index >= 15 is 0 Å². The molecular formula is C21H24N2O4. The van der Waals surface area contributed by atoms with E-state index in [0.29, 0.717) is 11.5 Å². The Morgan fingerprint density at radius 2 is 1.96 bits per heavy atom. The fourth-order valence-corrected chi connectivity index (χ4v) is 3.26. The van der Waals surface area contributed by atoms with Gasteiger partial charge >= 0.3 is 0 Å². The van der Waals surface area contributed by atoms with Crippen molar-refractivity contribution >= 4 is 17.8 Å². The van der Waals surface area contributed by atoms with E-state index in [0.717, 1.165) is 24.1 Å². The van der Waals surface area contributed by atoms with Crippen LogP contribution in [0.15, 0.2) is 47.6 Å². The Kier molecular flexibility index (Phi) is 5.96. The molecule has 142 valence electrons. The lowest BCUT2D eigenvalue weighted by Crippen LogP contribution is -2.43. The van der Waals surface area contributed by atoms with Gasteiger partial charge in [0, 0.05) is 17.3 Å². The normalized spacial score (nSPS) is 16.1. The molecule has 0 spiro atoms. The molecule has 1 atom stereocenters. The summed E-state index contributed by atoms with van der Waals surface area (Å²) in [5, 5.41) is 3.92. The third kappa shape index (κ3) is 4.22. The second kappa shape index (κ2) is 8.58. The Hall–Kier alpha value is -3.02. The Labute approximate surface area is 159 Å². The highest BCUT2D eigenvalue weighted by Crippen LogP contribution is 2.30. The molecule has 0 aliphatic carbocycles. The van der Waals surface area contributed by atoms with Crippen molar-refractivity contribution < 1.29 is 19.1 Å². The van der Waals surface area contributed by atoms with Gasteiger partial charge in [-0.25, -0.2) is 0 Å². The molecule has 3 rings (SSSR count). The third-order valence-electron chi connectivity index (χ3n) is 4.66. The van der Waals surface area contributed by atoms with Gasteiger partial charge in [0.15, 0.2) is 18.1 Å². The highest BCUT2D eigenvalue weighted by Gasteiger charge is 2.28. The Bertz CT molecular complexity index is 835. The number of aryl methyl sites for hydroxylation is 1. The first kappa shape index (κ1) is 18.8. The molecule has 6 nitrogen and oxygen atoms in total. The number of hydrogen-bond donors (Lipinski definition) is 0. The minimum absolute atomic E-state index is 0.0980. The minimum atomic E-state index is -0.109. The predicted octanol–water partition coefficient (Wildman–Crippen LogP) is 3.42. The van der Waals surface area contributed by atoms with Crippen molar-refractivity contribution in [2.45, 2.75) is 25.8 Å². The summed E-state index contributed by atoms with van der Waals surface area (Å²) in [6, 6.07) is 13.6. The van der Waals surface area contributed by atoms with Gasteiger partial charge in [0.25, 0.3) is 5.91 Å². The Balaban J connectivity index is 1.62. The molecule has 6 heteroatoms. The summed E-state index contributed by atoms with van der Waals surface area (Å²) in [5.41, 5.74) is 2.95. The molecular weight excluding hydrogens is 344 g/mol. The van der Waals surface area contributed by atoms with E-state index in [4.69, 9.17) is 14.3 Å². The van der Waals surface area contributed by atoms with Gasteiger partial charge in [0.2, 0.25) is 0 Å². The second-order valence-corrected chi connectivity index (χ2v) is 6.40. The zero-order chi connectivity index (χ0) is 19.2. The monoisotopic (exact) mass is 368 g/mol. The van der Waals surface area contributed by atoms with Crippen molar-refractivity contribution in [3.63, 3.8) is 0 Å². The van der Waals surface area contributed by atoms with E-state index in [2.05, 4.69) is 18.1 Å². The highest BCUT2D eigenvalue weighted by atomic mass is 16.6. The van der Waals surface area contributed by atoms with Crippen LogP contribution in [0.1, 0.15) is 24.5 Å². The van der Waals surface area contributed by atoms with Crippen LogP contribution in [0.25, 0.3) is 0 Å². The number of ether oxygens (including phenoxy) is 2. The lowest BCUT2D eigenvalue weighted by Gasteiger charge is -2.34. The summed E-state index contributed by atoms with van der Waals surface area (Å²) >= 11 is 0. The van der Waals surface area contributed by atoms with Gasteiger partial charge in [-0.3, -0.25) is 4.79 Å². The number of benzene rings is 2. The molecule has 0 aromatic heterocycles. The molecule has 1 aliphatic rings. The average Bonchev–Trinajstić information content (AvgIpc) is 2.70. The van der Waals surface area contributed by atoms with E-state index in [9.17, 15) is 4.79 Å². The molecule has 0 radical (unpaired) electrons. The van der Waals surface area contributed by atoms with E-state index in [1.165, 1.54) is 5.56 Å². The largest absolute Gasteiger partial charge is 0.493 e. The van der Waals surface area contributed by atoms with Crippen LogP contribution in [-0.2, 0) is 16.1 Å². The van der Waals surface area contributed by atoms with Crippen molar-refractivity contribution in [3.8, 4) is 11.5 Å². The zero-order valence-corrected chi connectivity index (χ0v) is 15.8. The standard InChI is InChI=1S/C21H24N2O4/c1-15-8-10-17-6-4-5-7-18(17)23(15)21(24)14-27-22-13-16-9-11-19(25-2)20(12-16)26-3/h4-7,9,11-13,15H,8,10,14H2,1-3H3/b22-13+. The molecule has 27 heavy (non-hydrogen) atoms. The molecule has 0 bridgehead atoms. The Morgan fingerprint density at radius 1 is 1.19 bits per heavy atom. The highest BCUT2D eigenvalue weighted by molar-refractivity contribution is 5.96. The number of amides is 1. The predicted molar refractivity (Wildman–Crippen MR) is 105 cm³/mol. The number of carbonyl (C=O) groups excluding carboxylic acids is 1. The number of hydrogen-bond acceptors (Lipinski definition) is 5.